The summed E-state index contributed by atoms with van der Waals surface area (Å²) < 4.78 is 10.1. The van der Waals surface area contributed by atoms with E-state index in [0.29, 0.717) is 45.1 Å². The summed E-state index contributed by atoms with van der Waals surface area (Å²) in [6.07, 6.45) is 4.13. The topological polar surface area (TPSA) is 93.1 Å². The molecule has 0 saturated carbocycles. The predicted octanol–water partition coefficient (Wildman–Crippen LogP) is 1.81. The van der Waals surface area contributed by atoms with Crippen LogP contribution in [0.4, 0.5) is 0 Å². The summed E-state index contributed by atoms with van der Waals surface area (Å²) in [5.74, 6) is -0.502. The van der Waals surface area contributed by atoms with Crippen LogP contribution < -0.4 is 0 Å². The van der Waals surface area contributed by atoms with Gasteiger partial charge in [-0.25, -0.2) is 0 Å². The van der Waals surface area contributed by atoms with Gasteiger partial charge in [0.1, 0.15) is 0 Å². The summed E-state index contributed by atoms with van der Waals surface area (Å²) in [5, 5.41) is 17.6. The number of esters is 2. The van der Waals surface area contributed by atoms with Gasteiger partial charge in [-0.2, -0.15) is 0 Å². The third-order valence-corrected chi connectivity index (χ3v) is 3.13. The Labute approximate surface area is 132 Å². The Balaban J connectivity index is 3.48. The van der Waals surface area contributed by atoms with Gasteiger partial charge < -0.3 is 19.7 Å². The van der Waals surface area contributed by atoms with Crippen LogP contribution in [0.1, 0.15) is 58.8 Å². The van der Waals surface area contributed by atoms with Crippen LogP contribution >= 0.6 is 0 Å². The van der Waals surface area contributed by atoms with Crippen molar-refractivity contribution in [1.82, 2.24) is 0 Å². The number of ether oxygens (including phenoxy) is 2. The molecule has 0 bridgehead atoms. The Morgan fingerprint density at radius 3 is 2.00 bits per heavy atom. The number of hydrogen-bond donors (Lipinski definition) is 2. The van der Waals surface area contributed by atoms with Crippen molar-refractivity contribution in [3.05, 3.63) is 0 Å². The monoisotopic (exact) mass is 318 g/mol. The molecule has 0 amide bonds. The summed E-state index contributed by atoms with van der Waals surface area (Å²) >= 11 is 0. The molecule has 0 fully saturated rings. The van der Waals surface area contributed by atoms with Crippen molar-refractivity contribution in [1.29, 1.82) is 0 Å². The zero-order valence-corrected chi connectivity index (χ0v) is 13.8. The molecular formula is C16H30O6. The Morgan fingerprint density at radius 1 is 0.864 bits per heavy atom. The van der Waals surface area contributed by atoms with Crippen LogP contribution in [0.25, 0.3) is 0 Å². The molecule has 0 atom stereocenters. The van der Waals surface area contributed by atoms with Gasteiger partial charge in [0.05, 0.1) is 19.8 Å². The fraction of sp³-hybridized carbons (Fsp3) is 0.875. The maximum atomic E-state index is 11.5. The lowest BCUT2D eigenvalue weighted by Crippen LogP contribution is -2.25. The number of unbranched alkanes of at least 4 members (excludes halogenated alkanes) is 3. The molecular weight excluding hydrogens is 288 g/mol. The molecule has 0 spiro atoms. The Bertz CT molecular complexity index is 314. The van der Waals surface area contributed by atoms with Crippen LogP contribution in [0.15, 0.2) is 0 Å². The number of carbonyl (C=O) groups excluding carboxylic acids is 2. The quantitative estimate of drug-likeness (QED) is 0.397. The molecule has 0 aromatic rings. The summed E-state index contributed by atoms with van der Waals surface area (Å²) in [5.41, 5.74) is -0.407. The zero-order chi connectivity index (χ0) is 16.8. The highest BCUT2D eigenvalue weighted by molar-refractivity contribution is 5.69. The van der Waals surface area contributed by atoms with Crippen LogP contribution in [0.3, 0.4) is 0 Å². The predicted molar refractivity (Wildman–Crippen MR) is 82.2 cm³/mol. The minimum Gasteiger partial charge on any atom is -0.466 e. The molecule has 0 rings (SSSR count). The maximum Gasteiger partial charge on any atom is 0.305 e. The molecule has 0 unspecified atom stereocenters. The van der Waals surface area contributed by atoms with Crippen molar-refractivity contribution in [2.24, 2.45) is 5.41 Å². The van der Waals surface area contributed by atoms with E-state index in [2.05, 4.69) is 0 Å². The van der Waals surface area contributed by atoms with E-state index in [0.717, 1.165) is 6.42 Å². The van der Waals surface area contributed by atoms with E-state index in [-0.39, 0.29) is 31.8 Å². The third-order valence-electron chi connectivity index (χ3n) is 3.13. The first-order valence-corrected chi connectivity index (χ1v) is 7.94. The van der Waals surface area contributed by atoms with Crippen LogP contribution in [0.5, 0.6) is 0 Å². The molecule has 130 valence electrons. The second kappa shape index (κ2) is 12.4. The van der Waals surface area contributed by atoms with Crippen molar-refractivity contribution >= 4 is 11.9 Å². The van der Waals surface area contributed by atoms with E-state index in [1.165, 1.54) is 0 Å². The SMILES string of the molecule is CC(C)(CO)COC(=O)CCCCCC(=O)OCCCCO. The number of aliphatic hydroxyl groups excluding tert-OH is 2. The van der Waals surface area contributed by atoms with Gasteiger partial charge in [-0.1, -0.05) is 20.3 Å². The minimum atomic E-state index is -0.407. The van der Waals surface area contributed by atoms with E-state index >= 15 is 0 Å². The third kappa shape index (κ3) is 12.6. The Morgan fingerprint density at radius 2 is 1.45 bits per heavy atom. The fourth-order valence-electron chi connectivity index (χ4n) is 1.58. The molecule has 22 heavy (non-hydrogen) atoms. The summed E-state index contributed by atoms with van der Waals surface area (Å²) in [4.78, 5) is 22.8. The minimum absolute atomic E-state index is 0.0271. The standard InChI is InChI=1S/C16H30O6/c1-16(2,12-18)13-22-15(20)9-5-3-4-8-14(19)21-11-7-6-10-17/h17-18H,3-13H2,1-2H3. The van der Waals surface area contributed by atoms with E-state index in [1.807, 2.05) is 13.8 Å². The molecule has 6 heteroatoms. The Hall–Kier alpha value is -1.14. The van der Waals surface area contributed by atoms with Crippen molar-refractivity contribution in [3.8, 4) is 0 Å². The molecule has 6 nitrogen and oxygen atoms in total. The molecule has 0 aliphatic heterocycles. The lowest BCUT2D eigenvalue weighted by Gasteiger charge is -2.20. The molecule has 2 N–H and O–H groups in total. The number of hydrogen-bond acceptors (Lipinski definition) is 6. The second-order valence-corrected chi connectivity index (χ2v) is 6.19. The molecule has 0 aliphatic rings. The fourth-order valence-corrected chi connectivity index (χ4v) is 1.58. The van der Waals surface area contributed by atoms with Gasteiger partial charge in [-0.3, -0.25) is 9.59 Å². The van der Waals surface area contributed by atoms with Gasteiger partial charge in [0.25, 0.3) is 0 Å². The first kappa shape index (κ1) is 20.9. The Kier molecular flexibility index (Phi) is 11.8. The first-order valence-electron chi connectivity index (χ1n) is 7.94. The lowest BCUT2D eigenvalue weighted by molar-refractivity contribution is -0.147. The van der Waals surface area contributed by atoms with Gasteiger partial charge in [-0.15, -0.1) is 0 Å². The number of carbonyl (C=O) groups is 2. The molecule has 0 radical (unpaired) electrons. The van der Waals surface area contributed by atoms with Crippen molar-refractivity contribution < 1.29 is 29.3 Å². The van der Waals surface area contributed by atoms with Crippen LogP contribution in [0, 0.1) is 5.41 Å². The van der Waals surface area contributed by atoms with Crippen LogP contribution in [-0.4, -0.2) is 48.6 Å². The molecule has 0 heterocycles. The largest absolute Gasteiger partial charge is 0.466 e. The normalized spacial score (nSPS) is 11.3. The van der Waals surface area contributed by atoms with E-state index < -0.39 is 5.41 Å². The van der Waals surface area contributed by atoms with E-state index in [1.54, 1.807) is 0 Å². The highest BCUT2D eigenvalue weighted by atomic mass is 16.5. The molecule has 0 saturated heterocycles. The highest BCUT2D eigenvalue weighted by Crippen LogP contribution is 2.14. The van der Waals surface area contributed by atoms with Crippen LogP contribution in [0.2, 0.25) is 0 Å². The van der Waals surface area contributed by atoms with Crippen LogP contribution in [-0.2, 0) is 19.1 Å². The van der Waals surface area contributed by atoms with Crippen molar-refractivity contribution in [2.75, 3.05) is 26.4 Å². The average Bonchev–Trinajstić information content (AvgIpc) is 2.49. The zero-order valence-electron chi connectivity index (χ0n) is 13.8. The van der Waals surface area contributed by atoms with Gasteiger partial charge in [0, 0.05) is 24.9 Å². The van der Waals surface area contributed by atoms with E-state index in [9.17, 15) is 9.59 Å². The average molecular weight is 318 g/mol. The van der Waals surface area contributed by atoms with Crippen molar-refractivity contribution in [2.45, 2.75) is 58.8 Å². The van der Waals surface area contributed by atoms with E-state index in [4.69, 9.17) is 19.7 Å². The smallest absolute Gasteiger partial charge is 0.305 e. The van der Waals surface area contributed by atoms with Crippen molar-refractivity contribution in [3.63, 3.8) is 0 Å². The molecule has 0 aromatic carbocycles. The van der Waals surface area contributed by atoms with Gasteiger partial charge in [0.2, 0.25) is 0 Å². The number of rotatable bonds is 13. The summed E-state index contributed by atoms with van der Waals surface area (Å²) in [7, 11) is 0. The van der Waals surface area contributed by atoms with Gasteiger partial charge in [-0.05, 0) is 25.7 Å². The summed E-state index contributed by atoms with van der Waals surface area (Å²) in [6.45, 7) is 4.30. The first-order chi connectivity index (χ1) is 10.4. The highest BCUT2D eigenvalue weighted by Gasteiger charge is 2.18. The summed E-state index contributed by atoms with van der Waals surface area (Å²) in [6, 6.07) is 0. The molecule has 0 aliphatic carbocycles. The second-order valence-electron chi connectivity index (χ2n) is 6.19. The van der Waals surface area contributed by atoms with Gasteiger partial charge in [0.15, 0.2) is 0 Å². The number of aliphatic hydroxyl groups is 2. The maximum absolute atomic E-state index is 11.5. The lowest BCUT2D eigenvalue weighted by atomic mass is 9.97. The van der Waals surface area contributed by atoms with Gasteiger partial charge >= 0.3 is 11.9 Å². The molecule has 0 aromatic heterocycles.